The maximum absolute atomic E-state index is 13.9. The van der Waals surface area contributed by atoms with Gasteiger partial charge in [-0.15, -0.1) is 11.3 Å². The lowest BCUT2D eigenvalue weighted by atomic mass is 9.49. The van der Waals surface area contributed by atoms with Crippen molar-refractivity contribution in [2.24, 2.45) is 29.4 Å². The van der Waals surface area contributed by atoms with E-state index in [1.54, 1.807) is 13.0 Å². The molecule has 3 aliphatic carbocycles. The number of hydrogen-bond acceptors (Lipinski definition) is 10. The molecule has 37 heavy (non-hydrogen) atoms. The molecule has 194 valence electrons. The smallest absolute Gasteiger partial charge is 0.235 e. The van der Waals surface area contributed by atoms with Gasteiger partial charge in [-0.25, -0.2) is 0 Å². The molecule has 1 heterocycles. The molecule has 2 unspecified atom stereocenters. The van der Waals surface area contributed by atoms with Crippen molar-refractivity contribution in [3.63, 3.8) is 0 Å². The van der Waals surface area contributed by atoms with Crippen LogP contribution < -0.4 is 5.73 Å². The van der Waals surface area contributed by atoms with E-state index in [1.807, 2.05) is 17.5 Å². The number of nitrogens with two attached hydrogens (primary N) is 1. The van der Waals surface area contributed by atoms with E-state index in [1.165, 1.54) is 36.4 Å². The molecule has 0 radical (unpaired) electrons. The van der Waals surface area contributed by atoms with Crippen LogP contribution in [0.3, 0.4) is 0 Å². The third-order valence-electron chi connectivity index (χ3n) is 8.25. The standard InChI is InChI=1S/C26H26N2O8S/c1-9-13-10(12-5-4-8-37-12)6-7-11(29)15(13)20(30)16-14(9)21(31)18-19(28(2)3)22(32)17(25(27)35)24(34)26(18,36)23(16)33/h4-9,14,16-19,21,29,31,36H,1-3H3,(H2,27,35)/t9-,14+,16?,17?,18+,19-,21-,26-/m0/s1. The molecule has 11 heteroatoms. The van der Waals surface area contributed by atoms with Crippen LogP contribution in [0.15, 0.2) is 29.6 Å². The first-order valence-corrected chi connectivity index (χ1v) is 12.7. The van der Waals surface area contributed by atoms with Gasteiger partial charge in [-0.05, 0) is 54.7 Å². The lowest BCUT2D eigenvalue weighted by Crippen LogP contribution is -2.77. The van der Waals surface area contributed by atoms with Crippen LogP contribution in [0.4, 0.5) is 0 Å². The monoisotopic (exact) mass is 526 g/mol. The van der Waals surface area contributed by atoms with Gasteiger partial charge in [0.05, 0.1) is 29.5 Å². The van der Waals surface area contributed by atoms with Crippen molar-refractivity contribution < 1.29 is 39.3 Å². The van der Waals surface area contributed by atoms with E-state index in [0.717, 1.165) is 4.88 Å². The average molecular weight is 527 g/mol. The van der Waals surface area contributed by atoms with E-state index < -0.39 is 76.4 Å². The Labute approximate surface area is 215 Å². The number of aliphatic hydroxyl groups excluding tert-OH is 1. The van der Waals surface area contributed by atoms with Gasteiger partial charge in [-0.2, -0.15) is 0 Å². The number of benzene rings is 1. The minimum Gasteiger partial charge on any atom is -0.507 e. The minimum absolute atomic E-state index is 0.114. The number of phenols is 1. The van der Waals surface area contributed by atoms with Crippen molar-refractivity contribution >= 4 is 40.4 Å². The van der Waals surface area contributed by atoms with Crippen molar-refractivity contribution in [2.75, 3.05) is 14.1 Å². The number of ketones is 4. The number of rotatable bonds is 3. The van der Waals surface area contributed by atoms with E-state index in [-0.39, 0.29) is 11.3 Å². The number of phenolic OH excluding ortho intramolecular Hbond substituents is 1. The molecule has 5 N–H and O–H groups in total. The van der Waals surface area contributed by atoms with Crippen molar-refractivity contribution in [1.82, 2.24) is 4.90 Å². The normalized spacial score (nSPS) is 35.2. The van der Waals surface area contributed by atoms with Crippen LogP contribution in [0.2, 0.25) is 0 Å². The first-order valence-electron chi connectivity index (χ1n) is 11.8. The number of Topliss-reactive ketones (excluding diaryl/α,β-unsaturated/α-hetero) is 4. The number of thiophene rings is 1. The van der Waals surface area contributed by atoms with Gasteiger partial charge < -0.3 is 21.1 Å². The van der Waals surface area contributed by atoms with E-state index in [0.29, 0.717) is 11.1 Å². The molecule has 10 nitrogen and oxygen atoms in total. The summed E-state index contributed by atoms with van der Waals surface area (Å²) in [6, 6.07) is 5.27. The highest BCUT2D eigenvalue weighted by molar-refractivity contribution is 7.13. The molecule has 1 aromatic carbocycles. The number of aromatic hydroxyl groups is 1. The van der Waals surface area contributed by atoms with Crippen LogP contribution in [0.5, 0.6) is 5.75 Å². The molecule has 0 aliphatic heterocycles. The maximum Gasteiger partial charge on any atom is 0.235 e. The Balaban J connectivity index is 1.75. The summed E-state index contributed by atoms with van der Waals surface area (Å²) in [5, 5.41) is 35.9. The summed E-state index contributed by atoms with van der Waals surface area (Å²) in [5.41, 5.74) is 3.29. The van der Waals surface area contributed by atoms with Gasteiger partial charge in [0, 0.05) is 10.8 Å². The van der Waals surface area contributed by atoms with Gasteiger partial charge in [0.25, 0.3) is 0 Å². The van der Waals surface area contributed by atoms with Gasteiger partial charge in [0.1, 0.15) is 5.75 Å². The van der Waals surface area contributed by atoms with Crippen LogP contribution in [0.1, 0.15) is 28.8 Å². The van der Waals surface area contributed by atoms with Crippen molar-refractivity contribution in [3.8, 4) is 16.2 Å². The number of hydrogen-bond donors (Lipinski definition) is 4. The number of carbonyl (C=O) groups is 5. The SMILES string of the molecule is C[C@H]1c2c(-c3cccs3)ccc(O)c2C(=O)C2C(=O)[C@]3(O)C(=O)C(C(N)=O)C(=O)[C@@H](N(C)C)[C@@H]3[C@@H](O)[C@@H]21. The fourth-order valence-corrected chi connectivity index (χ4v) is 7.48. The Kier molecular flexibility index (Phi) is 5.76. The average Bonchev–Trinajstić information content (AvgIpc) is 3.36. The van der Waals surface area contributed by atoms with Crippen LogP contribution in [-0.2, 0) is 19.2 Å². The molecule has 0 bridgehead atoms. The lowest BCUT2D eigenvalue weighted by molar-refractivity contribution is -0.196. The van der Waals surface area contributed by atoms with Crippen molar-refractivity contribution in [3.05, 3.63) is 40.8 Å². The number of aliphatic hydroxyl groups is 2. The third kappa shape index (κ3) is 3.18. The van der Waals surface area contributed by atoms with Gasteiger partial charge in [-0.1, -0.05) is 13.0 Å². The Morgan fingerprint density at radius 3 is 2.35 bits per heavy atom. The van der Waals surface area contributed by atoms with Gasteiger partial charge in [0.2, 0.25) is 5.91 Å². The van der Waals surface area contributed by atoms with E-state index in [9.17, 15) is 39.3 Å². The number of amides is 1. The van der Waals surface area contributed by atoms with Crippen LogP contribution in [0, 0.1) is 23.7 Å². The molecule has 1 aromatic heterocycles. The highest BCUT2D eigenvalue weighted by Crippen LogP contribution is 2.56. The molecule has 2 aromatic rings. The first kappa shape index (κ1) is 25.4. The zero-order chi connectivity index (χ0) is 27.1. The summed E-state index contributed by atoms with van der Waals surface area (Å²) in [7, 11) is 2.91. The summed E-state index contributed by atoms with van der Waals surface area (Å²) in [6.45, 7) is 1.70. The zero-order valence-corrected chi connectivity index (χ0v) is 21.1. The number of nitrogens with zero attached hydrogens (tertiary/aromatic N) is 1. The maximum atomic E-state index is 13.9. The molecule has 2 fully saturated rings. The van der Waals surface area contributed by atoms with Crippen LogP contribution in [0.25, 0.3) is 10.4 Å². The molecule has 3 aliphatic rings. The predicted octanol–water partition coefficient (Wildman–Crippen LogP) is 0.127. The van der Waals surface area contributed by atoms with Gasteiger partial charge >= 0.3 is 0 Å². The topological polar surface area (TPSA) is 175 Å². The lowest BCUT2D eigenvalue weighted by Gasteiger charge is -2.56. The Morgan fingerprint density at radius 1 is 1.11 bits per heavy atom. The zero-order valence-electron chi connectivity index (χ0n) is 20.2. The summed E-state index contributed by atoms with van der Waals surface area (Å²) < 4.78 is 0. The van der Waals surface area contributed by atoms with E-state index >= 15 is 0 Å². The Morgan fingerprint density at radius 2 is 1.78 bits per heavy atom. The van der Waals surface area contributed by atoms with E-state index in [4.69, 9.17) is 5.73 Å². The van der Waals surface area contributed by atoms with Crippen LogP contribution in [-0.4, -0.2) is 81.1 Å². The predicted molar refractivity (Wildman–Crippen MR) is 131 cm³/mol. The highest BCUT2D eigenvalue weighted by atomic mass is 32.1. The summed E-state index contributed by atoms with van der Waals surface area (Å²) in [6.07, 6.45) is -1.66. The molecular formula is C26H26N2O8S. The molecule has 1 amide bonds. The quantitative estimate of drug-likeness (QED) is 0.405. The molecule has 2 saturated carbocycles. The minimum atomic E-state index is -3.00. The fraction of sp³-hybridized carbons (Fsp3) is 0.423. The molecular weight excluding hydrogens is 500 g/mol. The third-order valence-corrected chi connectivity index (χ3v) is 9.16. The number of carbonyl (C=O) groups excluding carboxylic acids is 5. The fourth-order valence-electron chi connectivity index (χ4n) is 6.72. The van der Waals surface area contributed by atoms with Gasteiger partial charge in [0.15, 0.2) is 34.7 Å². The summed E-state index contributed by atoms with van der Waals surface area (Å²) >= 11 is 1.41. The van der Waals surface area contributed by atoms with Gasteiger partial charge in [-0.3, -0.25) is 28.9 Å². The second-order valence-corrected chi connectivity index (χ2v) is 11.2. The molecule has 5 rings (SSSR count). The molecule has 8 atom stereocenters. The van der Waals surface area contributed by atoms with Crippen molar-refractivity contribution in [2.45, 2.75) is 30.6 Å². The first-order chi connectivity index (χ1) is 17.3. The second-order valence-electron chi connectivity index (χ2n) is 10.3. The summed E-state index contributed by atoms with van der Waals surface area (Å²) in [5.74, 6) is -13.3. The molecule has 0 spiro atoms. The Bertz CT molecular complexity index is 1370. The van der Waals surface area contributed by atoms with Crippen molar-refractivity contribution in [1.29, 1.82) is 0 Å². The number of fused-ring (bicyclic) bond motifs is 3. The van der Waals surface area contributed by atoms with Crippen LogP contribution >= 0.6 is 11.3 Å². The van der Waals surface area contributed by atoms with E-state index in [2.05, 4.69) is 0 Å². The second kappa shape index (κ2) is 8.38. The Hall–Kier alpha value is -3.25. The highest BCUT2D eigenvalue weighted by Gasteiger charge is 2.73. The number of likely N-dealkylation sites (N-methyl/N-ethyl adjacent to an activating group) is 1. The summed E-state index contributed by atoms with van der Waals surface area (Å²) in [4.78, 5) is 68.6. The molecule has 0 saturated heterocycles. The largest absolute Gasteiger partial charge is 0.507 e. The number of primary amides is 1.